The summed E-state index contributed by atoms with van der Waals surface area (Å²) in [7, 11) is 0. The third kappa shape index (κ3) is 3.79. The van der Waals surface area contributed by atoms with Crippen LogP contribution in [0.3, 0.4) is 0 Å². The van der Waals surface area contributed by atoms with E-state index in [1.165, 1.54) is 18.2 Å². The molecule has 0 unspecified atom stereocenters. The molecule has 2 aromatic rings. The first-order valence-corrected chi connectivity index (χ1v) is 6.20. The average Bonchev–Trinajstić information content (AvgIpc) is 2.42. The van der Waals surface area contributed by atoms with Gasteiger partial charge in [-0.1, -0.05) is 0 Å². The Balaban J connectivity index is 2.11. The number of carbonyl (C=O) groups excluding carboxylic acids is 2. The van der Waals surface area contributed by atoms with Crippen LogP contribution in [0.25, 0.3) is 0 Å². The second-order valence-corrected chi connectivity index (χ2v) is 4.48. The number of hydrogen-bond donors (Lipinski definition) is 3. The average molecular weight is 287 g/mol. The highest BCUT2D eigenvalue weighted by molar-refractivity contribution is 6.05. The lowest BCUT2D eigenvalue weighted by atomic mass is 10.1. The van der Waals surface area contributed by atoms with E-state index in [4.69, 9.17) is 5.73 Å². The quantitative estimate of drug-likeness (QED) is 0.811. The number of halogens is 1. The van der Waals surface area contributed by atoms with Crippen molar-refractivity contribution in [2.24, 2.45) is 5.73 Å². The number of aryl methyl sites for hydroxylation is 1. The van der Waals surface area contributed by atoms with E-state index in [1.54, 1.807) is 31.2 Å². The summed E-state index contributed by atoms with van der Waals surface area (Å²) in [6.07, 6.45) is 0. The Bertz CT molecular complexity index is 684. The van der Waals surface area contributed by atoms with Crippen LogP contribution in [0.4, 0.5) is 20.6 Å². The largest absolute Gasteiger partial charge is 0.351 e. The molecule has 5 nitrogen and oxygen atoms in total. The maximum absolute atomic E-state index is 13.0. The van der Waals surface area contributed by atoms with Crippen molar-refractivity contribution in [2.45, 2.75) is 6.92 Å². The van der Waals surface area contributed by atoms with Gasteiger partial charge in [-0.2, -0.15) is 0 Å². The predicted octanol–water partition coefficient (Wildman–Crippen LogP) is 2.88. The maximum Gasteiger partial charge on any atom is 0.316 e. The fourth-order valence-electron chi connectivity index (χ4n) is 1.81. The predicted molar refractivity (Wildman–Crippen MR) is 78.7 cm³/mol. The van der Waals surface area contributed by atoms with Crippen LogP contribution in [-0.2, 0) is 0 Å². The van der Waals surface area contributed by atoms with Crippen molar-refractivity contribution in [1.82, 2.24) is 0 Å². The standard InChI is InChI=1S/C15H14FN3O2/c1-9-8-11(16)4-7-13(9)19-14(20)10-2-5-12(6-3-10)18-15(17)21/h2-8H,1H3,(H,19,20)(H3,17,18,21). The number of nitrogens with one attached hydrogen (secondary N) is 2. The van der Waals surface area contributed by atoms with E-state index in [2.05, 4.69) is 10.6 Å². The van der Waals surface area contributed by atoms with Crippen molar-refractivity contribution >= 4 is 23.3 Å². The molecule has 21 heavy (non-hydrogen) atoms. The van der Waals surface area contributed by atoms with Crippen LogP contribution in [0.1, 0.15) is 15.9 Å². The molecule has 0 aliphatic carbocycles. The van der Waals surface area contributed by atoms with Crippen molar-refractivity contribution in [2.75, 3.05) is 10.6 Å². The molecule has 0 saturated heterocycles. The minimum Gasteiger partial charge on any atom is -0.351 e. The second kappa shape index (κ2) is 6.04. The number of rotatable bonds is 3. The lowest BCUT2D eigenvalue weighted by molar-refractivity contribution is 0.102. The topological polar surface area (TPSA) is 84.2 Å². The molecule has 0 atom stereocenters. The number of hydrogen-bond acceptors (Lipinski definition) is 2. The molecule has 0 spiro atoms. The van der Waals surface area contributed by atoms with Gasteiger partial charge in [-0.05, 0) is 55.0 Å². The van der Waals surface area contributed by atoms with Crippen molar-refractivity contribution < 1.29 is 14.0 Å². The molecule has 4 N–H and O–H groups in total. The Hall–Kier alpha value is -2.89. The monoisotopic (exact) mass is 287 g/mol. The third-order valence-electron chi connectivity index (χ3n) is 2.85. The van der Waals surface area contributed by atoms with Gasteiger partial charge >= 0.3 is 6.03 Å². The van der Waals surface area contributed by atoms with Crippen molar-refractivity contribution in [3.05, 3.63) is 59.4 Å². The van der Waals surface area contributed by atoms with Gasteiger partial charge in [0.1, 0.15) is 5.82 Å². The summed E-state index contributed by atoms with van der Waals surface area (Å²) in [5.74, 6) is -0.678. The number of primary amides is 1. The zero-order chi connectivity index (χ0) is 15.4. The van der Waals surface area contributed by atoms with E-state index in [9.17, 15) is 14.0 Å². The molecule has 6 heteroatoms. The molecular weight excluding hydrogens is 273 g/mol. The summed E-state index contributed by atoms with van der Waals surface area (Å²) in [4.78, 5) is 22.8. The number of carbonyl (C=O) groups is 2. The van der Waals surface area contributed by atoms with Gasteiger partial charge < -0.3 is 16.4 Å². The van der Waals surface area contributed by atoms with E-state index in [1.807, 2.05) is 0 Å². The van der Waals surface area contributed by atoms with Gasteiger partial charge in [-0.3, -0.25) is 4.79 Å². The van der Waals surface area contributed by atoms with Crippen LogP contribution in [0.5, 0.6) is 0 Å². The van der Waals surface area contributed by atoms with Crippen molar-refractivity contribution in [1.29, 1.82) is 0 Å². The number of nitrogens with two attached hydrogens (primary N) is 1. The van der Waals surface area contributed by atoms with Crippen LogP contribution in [0.2, 0.25) is 0 Å². The van der Waals surface area contributed by atoms with Crippen LogP contribution >= 0.6 is 0 Å². The zero-order valence-electron chi connectivity index (χ0n) is 11.3. The first-order chi connectivity index (χ1) is 9.95. The van der Waals surface area contributed by atoms with Gasteiger partial charge in [-0.25, -0.2) is 9.18 Å². The van der Waals surface area contributed by atoms with E-state index in [-0.39, 0.29) is 11.7 Å². The fourth-order valence-corrected chi connectivity index (χ4v) is 1.81. The first-order valence-electron chi connectivity index (χ1n) is 6.20. The highest BCUT2D eigenvalue weighted by atomic mass is 19.1. The highest BCUT2D eigenvalue weighted by Gasteiger charge is 2.08. The summed E-state index contributed by atoms with van der Waals surface area (Å²) in [6, 6.07) is 9.70. The van der Waals surface area contributed by atoms with Crippen LogP contribution in [-0.4, -0.2) is 11.9 Å². The number of benzene rings is 2. The Morgan fingerprint density at radius 1 is 1.05 bits per heavy atom. The summed E-state index contributed by atoms with van der Waals surface area (Å²) in [6.45, 7) is 1.71. The van der Waals surface area contributed by atoms with E-state index >= 15 is 0 Å². The summed E-state index contributed by atoms with van der Waals surface area (Å²) >= 11 is 0. The van der Waals surface area contributed by atoms with Crippen LogP contribution in [0, 0.1) is 12.7 Å². The molecule has 0 aromatic heterocycles. The molecule has 0 bridgehead atoms. The molecule has 0 aliphatic heterocycles. The first kappa shape index (κ1) is 14.5. The van der Waals surface area contributed by atoms with Crippen molar-refractivity contribution in [3.8, 4) is 0 Å². The minimum atomic E-state index is -0.672. The van der Waals surface area contributed by atoms with Gasteiger partial charge in [-0.15, -0.1) is 0 Å². The van der Waals surface area contributed by atoms with Crippen molar-refractivity contribution in [3.63, 3.8) is 0 Å². The summed E-state index contributed by atoms with van der Waals surface area (Å²) in [5, 5.41) is 5.10. The fraction of sp³-hybridized carbons (Fsp3) is 0.0667. The minimum absolute atomic E-state index is 0.324. The maximum atomic E-state index is 13.0. The number of anilines is 2. The SMILES string of the molecule is Cc1cc(F)ccc1NC(=O)c1ccc(NC(N)=O)cc1. The van der Waals surface area contributed by atoms with Gasteiger partial charge in [0.15, 0.2) is 0 Å². The molecule has 108 valence electrons. The van der Waals surface area contributed by atoms with Crippen LogP contribution in [0.15, 0.2) is 42.5 Å². The van der Waals surface area contributed by atoms with Gasteiger partial charge in [0.05, 0.1) is 0 Å². The third-order valence-corrected chi connectivity index (χ3v) is 2.85. The zero-order valence-corrected chi connectivity index (χ0v) is 11.3. The second-order valence-electron chi connectivity index (χ2n) is 4.48. The van der Waals surface area contributed by atoms with Gasteiger partial charge in [0.25, 0.3) is 5.91 Å². The molecule has 0 aliphatic rings. The molecule has 2 aromatic carbocycles. The summed E-state index contributed by atoms with van der Waals surface area (Å²) < 4.78 is 13.0. The Kier molecular flexibility index (Phi) is 4.18. The molecular formula is C15H14FN3O2. The summed E-state index contributed by atoms with van der Waals surface area (Å²) in [5.41, 5.74) is 7.08. The Morgan fingerprint density at radius 2 is 1.71 bits per heavy atom. The van der Waals surface area contributed by atoms with E-state index in [0.717, 1.165) is 0 Å². The molecule has 0 saturated carbocycles. The lowest BCUT2D eigenvalue weighted by Gasteiger charge is -2.09. The number of amides is 3. The Morgan fingerprint density at radius 3 is 2.29 bits per heavy atom. The normalized spacial score (nSPS) is 10.0. The van der Waals surface area contributed by atoms with E-state index < -0.39 is 6.03 Å². The Labute approximate surface area is 121 Å². The highest BCUT2D eigenvalue weighted by Crippen LogP contribution is 2.17. The lowest BCUT2D eigenvalue weighted by Crippen LogP contribution is -2.19. The molecule has 0 fully saturated rings. The van der Waals surface area contributed by atoms with E-state index in [0.29, 0.717) is 22.5 Å². The molecule has 0 radical (unpaired) electrons. The number of urea groups is 1. The molecule has 3 amide bonds. The molecule has 2 rings (SSSR count). The van der Waals surface area contributed by atoms with Gasteiger partial charge in [0.2, 0.25) is 0 Å². The smallest absolute Gasteiger partial charge is 0.316 e. The molecule has 0 heterocycles. The van der Waals surface area contributed by atoms with Gasteiger partial charge in [0, 0.05) is 16.9 Å². The van der Waals surface area contributed by atoms with Crippen LogP contribution < -0.4 is 16.4 Å².